The lowest BCUT2D eigenvalue weighted by Crippen LogP contribution is -2.52. The molecule has 0 saturated carbocycles. The number of phosphoric acid groups is 1. The van der Waals surface area contributed by atoms with E-state index in [1.807, 2.05) is 6.08 Å². The third-order valence-corrected chi connectivity index (χ3v) is 7.43. The molecule has 0 saturated heterocycles. The first-order valence-corrected chi connectivity index (χ1v) is 15.9. The lowest BCUT2D eigenvalue weighted by Gasteiger charge is -2.35. The van der Waals surface area contributed by atoms with Crippen molar-refractivity contribution in [1.29, 1.82) is 0 Å². The summed E-state index contributed by atoms with van der Waals surface area (Å²) in [6.45, 7) is 4.96. The molecule has 0 heterocycles. The zero-order valence-corrected chi connectivity index (χ0v) is 24.2. The molecule has 226 valence electrons. The van der Waals surface area contributed by atoms with E-state index >= 15 is 0 Å². The third kappa shape index (κ3) is 18.6. The van der Waals surface area contributed by atoms with Crippen LogP contribution < -0.4 is 0 Å². The van der Waals surface area contributed by atoms with Crippen molar-refractivity contribution in [2.24, 2.45) is 5.92 Å². The van der Waals surface area contributed by atoms with E-state index in [0.29, 0.717) is 12.8 Å². The minimum Gasteiger partial charge on any atom is -0.394 e. The van der Waals surface area contributed by atoms with Crippen LogP contribution in [-0.2, 0) is 9.09 Å². The Kier molecular flexibility index (Phi) is 22.8. The molecule has 0 radical (unpaired) electrons. The Labute approximate surface area is 229 Å². The fourth-order valence-electron chi connectivity index (χ4n) is 4.61. The van der Waals surface area contributed by atoms with Crippen LogP contribution in [0.25, 0.3) is 0 Å². The Bertz CT molecular complexity index is 640. The third-order valence-electron chi connectivity index (χ3n) is 6.91. The molecular weight excluding hydrogens is 511 g/mol. The van der Waals surface area contributed by atoms with Gasteiger partial charge in [-0.15, -0.1) is 6.58 Å². The first-order chi connectivity index (χ1) is 18.1. The molecule has 0 aliphatic heterocycles. The van der Waals surface area contributed by atoms with Gasteiger partial charge in [-0.1, -0.05) is 76.5 Å². The van der Waals surface area contributed by atoms with Gasteiger partial charge in [-0.2, -0.15) is 0 Å². The largest absolute Gasteiger partial charge is 0.469 e. The van der Waals surface area contributed by atoms with Gasteiger partial charge in [0.25, 0.3) is 0 Å². The first kappa shape index (κ1) is 37.4. The van der Waals surface area contributed by atoms with Crippen LogP contribution in [0.4, 0.5) is 0 Å². The highest BCUT2D eigenvalue weighted by atomic mass is 31.2. The van der Waals surface area contributed by atoms with Gasteiger partial charge < -0.3 is 35.3 Å². The summed E-state index contributed by atoms with van der Waals surface area (Å²) < 4.78 is 16.7. The lowest BCUT2D eigenvalue weighted by atomic mass is 9.84. The number of rotatable bonds is 26. The summed E-state index contributed by atoms with van der Waals surface area (Å²) in [5, 5.41) is 49.9. The van der Waals surface area contributed by atoms with E-state index < -0.39 is 50.9 Å². The van der Waals surface area contributed by atoms with Crippen molar-refractivity contribution in [2.45, 2.75) is 140 Å². The SMILES string of the molecule is C=CCCCCCCCC=CCCCCC(CCCCCC)C(OP(=O)(O)O)[C@@H](O)[C@@H](O)[C@H](O)[C@H](O)CO. The number of hydrogen-bond acceptors (Lipinski definition) is 7. The Morgan fingerprint density at radius 1 is 0.737 bits per heavy atom. The van der Waals surface area contributed by atoms with E-state index in [4.69, 9.17) is 9.63 Å². The molecule has 0 spiro atoms. The van der Waals surface area contributed by atoms with Gasteiger partial charge in [0, 0.05) is 0 Å². The van der Waals surface area contributed by atoms with E-state index in [1.165, 1.54) is 32.1 Å². The van der Waals surface area contributed by atoms with Crippen LogP contribution in [0.15, 0.2) is 24.8 Å². The monoisotopic (exact) mass is 566 g/mol. The molecule has 2 unspecified atom stereocenters. The van der Waals surface area contributed by atoms with Crippen molar-refractivity contribution in [2.75, 3.05) is 6.61 Å². The van der Waals surface area contributed by atoms with Gasteiger partial charge in [-0.25, -0.2) is 4.57 Å². The Morgan fingerprint density at radius 2 is 1.24 bits per heavy atom. The second-order valence-electron chi connectivity index (χ2n) is 10.3. The molecular formula is C28H55O9P. The summed E-state index contributed by atoms with van der Waals surface area (Å²) in [6, 6.07) is 0. The standard InChI is InChI=1S/C28H55O9P/c1-3-5-7-9-10-11-12-13-14-15-16-17-19-21-23(20-18-8-6-4-2)28(37-38(34,35)36)27(33)26(32)25(31)24(30)22-29/h3,14-15,23-33H,1,4-13,16-22H2,2H3,(H2,34,35,36)/t23?,24-,25-,26+,27+,28?/m1/s1. The number of aliphatic hydroxyl groups excluding tert-OH is 5. The fraction of sp³-hybridized carbons (Fsp3) is 0.857. The molecule has 7 N–H and O–H groups in total. The molecule has 9 nitrogen and oxygen atoms in total. The average molecular weight is 567 g/mol. The maximum atomic E-state index is 11.7. The number of aliphatic hydroxyl groups is 5. The van der Waals surface area contributed by atoms with Crippen molar-refractivity contribution in [1.82, 2.24) is 0 Å². The molecule has 0 bridgehead atoms. The predicted molar refractivity (Wildman–Crippen MR) is 150 cm³/mol. The zero-order valence-electron chi connectivity index (χ0n) is 23.3. The van der Waals surface area contributed by atoms with Gasteiger partial charge in [0.1, 0.15) is 30.5 Å². The maximum absolute atomic E-state index is 11.7. The molecule has 0 aromatic rings. The van der Waals surface area contributed by atoms with Crippen molar-refractivity contribution >= 4 is 7.82 Å². The highest BCUT2D eigenvalue weighted by Gasteiger charge is 2.41. The summed E-state index contributed by atoms with van der Waals surface area (Å²) in [5.41, 5.74) is 0. The Morgan fingerprint density at radius 3 is 1.76 bits per heavy atom. The summed E-state index contributed by atoms with van der Waals surface area (Å²) in [5.74, 6) is -0.479. The minimum atomic E-state index is -5.03. The normalized spacial score (nSPS) is 17.3. The molecule has 10 heteroatoms. The van der Waals surface area contributed by atoms with Crippen LogP contribution in [0, 0.1) is 5.92 Å². The summed E-state index contributed by atoms with van der Waals surface area (Å²) in [6.07, 6.45) is 12.8. The molecule has 6 atom stereocenters. The topological polar surface area (TPSA) is 168 Å². The maximum Gasteiger partial charge on any atom is 0.469 e. The molecule has 38 heavy (non-hydrogen) atoms. The molecule has 0 aromatic heterocycles. The van der Waals surface area contributed by atoms with Crippen molar-refractivity contribution in [3.05, 3.63) is 24.8 Å². The zero-order chi connectivity index (χ0) is 28.8. The highest BCUT2D eigenvalue weighted by Crippen LogP contribution is 2.42. The second-order valence-corrected chi connectivity index (χ2v) is 11.5. The van der Waals surface area contributed by atoms with E-state index in [9.17, 15) is 34.8 Å². The van der Waals surface area contributed by atoms with Crippen molar-refractivity contribution in [3.63, 3.8) is 0 Å². The van der Waals surface area contributed by atoms with Gasteiger partial charge in [0.05, 0.1) is 6.61 Å². The molecule has 0 aliphatic carbocycles. The number of unbranched alkanes of at least 4 members (excludes halogenated alkanes) is 11. The Balaban J connectivity index is 4.97. The van der Waals surface area contributed by atoms with Crippen LogP contribution in [0.1, 0.15) is 110 Å². The molecule has 0 aromatic carbocycles. The van der Waals surface area contributed by atoms with E-state index in [1.54, 1.807) is 0 Å². The molecule has 0 amide bonds. The van der Waals surface area contributed by atoms with E-state index in [0.717, 1.165) is 57.8 Å². The lowest BCUT2D eigenvalue weighted by molar-refractivity contribution is -0.147. The highest BCUT2D eigenvalue weighted by molar-refractivity contribution is 7.46. The fourth-order valence-corrected chi connectivity index (χ4v) is 5.22. The van der Waals surface area contributed by atoms with Crippen LogP contribution in [-0.4, -0.2) is 72.4 Å². The van der Waals surface area contributed by atoms with Gasteiger partial charge in [0.15, 0.2) is 0 Å². The van der Waals surface area contributed by atoms with Crippen molar-refractivity contribution in [3.8, 4) is 0 Å². The smallest absolute Gasteiger partial charge is 0.394 e. The van der Waals surface area contributed by atoms with E-state index in [-0.39, 0.29) is 0 Å². The van der Waals surface area contributed by atoms with E-state index in [2.05, 4.69) is 25.7 Å². The van der Waals surface area contributed by atoms with Gasteiger partial charge >= 0.3 is 7.82 Å². The van der Waals surface area contributed by atoms with Gasteiger partial charge in [-0.3, -0.25) is 4.52 Å². The van der Waals surface area contributed by atoms with Crippen LogP contribution in [0.3, 0.4) is 0 Å². The van der Waals surface area contributed by atoms with Gasteiger partial charge in [-0.05, 0) is 57.3 Å². The van der Waals surface area contributed by atoms with Crippen LogP contribution >= 0.6 is 7.82 Å². The second kappa shape index (κ2) is 23.1. The van der Waals surface area contributed by atoms with Gasteiger partial charge in [0.2, 0.25) is 0 Å². The minimum absolute atomic E-state index is 0.479. The summed E-state index contributed by atoms with van der Waals surface area (Å²) in [7, 11) is -5.03. The predicted octanol–water partition coefficient (Wildman–Crippen LogP) is 4.52. The average Bonchev–Trinajstić information content (AvgIpc) is 2.88. The Hall–Kier alpha value is -0.610. The summed E-state index contributed by atoms with van der Waals surface area (Å²) >= 11 is 0. The number of phosphoric ester groups is 1. The van der Waals surface area contributed by atoms with Crippen molar-refractivity contribution < 1.29 is 44.4 Å². The molecule has 0 rings (SSSR count). The summed E-state index contributed by atoms with van der Waals surface area (Å²) in [4.78, 5) is 19.0. The number of allylic oxidation sites excluding steroid dienone is 3. The molecule has 0 fully saturated rings. The first-order valence-electron chi connectivity index (χ1n) is 14.4. The molecule has 0 aliphatic rings. The van der Waals surface area contributed by atoms with Crippen LogP contribution in [0.2, 0.25) is 0 Å². The van der Waals surface area contributed by atoms with Crippen LogP contribution in [0.5, 0.6) is 0 Å². The number of hydrogen-bond donors (Lipinski definition) is 7. The quantitative estimate of drug-likeness (QED) is 0.0452.